The second-order valence-electron chi connectivity index (χ2n) is 4.48. The highest BCUT2D eigenvalue weighted by molar-refractivity contribution is 5.32. The molecule has 2 heteroatoms. The molecule has 1 aromatic rings. The van der Waals surface area contributed by atoms with Gasteiger partial charge in [-0.2, -0.15) is 0 Å². The minimum atomic E-state index is 0.356. The van der Waals surface area contributed by atoms with E-state index >= 15 is 0 Å². The van der Waals surface area contributed by atoms with Crippen LogP contribution in [0.5, 0.6) is 0 Å². The largest absolute Gasteiger partial charge is 0.310 e. The van der Waals surface area contributed by atoms with Gasteiger partial charge in [-0.25, -0.2) is 0 Å². The van der Waals surface area contributed by atoms with Gasteiger partial charge in [-0.1, -0.05) is 11.6 Å². The summed E-state index contributed by atoms with van der Waals surface area (Å²) < 4.78 is 0. The summed E-state index contributed by atoms with van der Waals surface area (Å²) in [6.45, 7) is 2.16. The zero-order valence-electron chi connectivity index (χ0n) is 10.2. The lowest BCUT2D eigenvalue weighted by Gasteiger charge is -2.24. The molecule has 1 atom stereocenters. The van der Waals surface area contributed by atoms with Crippen molar-refractivity contribution in [2.24, 2.45) is 0 Å². The highest BCUT2D eigenvalue weighted by Crippen LogP contribution is 2.30. The van der Waals surface area contributed by atoms with Crippen LogP contribution in [0.25, 0.3) is 0 Å². The molecule has 0 amide bonds. The first-order valence-corrected chi connectivity index (χ1v) is 6.09. The normalized spacial score (nSPS) is 18.0. The fourth-order valence-electron chi connectivity index (χ4n) is 2.44. The Hall–Kier alpha value is -1.15. The molecule has 1 N–H and O–H groups in total. The summed E-state index contributed by atoms with van der Waals surface area (Å²) in [5, 5.41) is 3.42. The third-order valence-electron chi connectivity index (χ3n) is 3.38. The quantitative estimate of drug-likeness (QED) is 0.785. The van der Waals surface area contributed by atoms with E-state index < -0.39 is 0 Å². The highest BCUT2D eigenvalue weighted by Gasteiger charge is 2.17. The van der Waals surface area contributed by atoms with E-state index in [0.29, 0.717) is 6.04 Å². The predicted octanol–water partition coefficient (Wildman–Crippen LogP) is 3.15. The molecule has 1 aliphatic carbocycles. The Bertz CT molecular complexity index is 382. The van der Waals surface area contributed by atoms with Crippen LogP contribution in [0, 0.1) is 6.92 Å². The Morgan fingerprint density at radius 3 is 2.88 bits per heavy atom. The van der Waals surface area contributed by atoms with Crippen LogP contribution in [0.1, 0.15) is 42.9 Å². The van der Waals surface area contributed by atoms with Crippen LogP contribution in [-0.2, 0) is 0 Å². The number of hydrogen-bond donors (Lipinski definition) is 1. The van der Waals surface area contributed by atoms with Crippen LogP contribution in [-0.4, -0.2) is 12.0 Å². The smallest absolute Gasteiger partial charge is 0.0551 e. The Kier molecular flexibility index (Phi) is 3.73. The van der Waals surface area contributed by atoms with Gasteiger partial charge >= 0.3 is 0 Å². The Labute approximate surface area is 97.8 Å². The highest BCUT2D eigenvalue weighted by atomic mass is 14.9. The summed E-state index contributed by atoms with van der Waals surface area (Å²) in [7, 11) is 2.03. The van der Waals surface area contributed by atoms with Crippen LogP contribution in [0.4, 0.5) is 0 Å². The van der Waals surface area contributed by atoms with Crippen LogP contribution in [0.2, 0.25) is 0 Å². The third-order valence-corrected chi connectivity index (χ3v) is 3.38. The van der Waals surface area contributed by atoms with Gasteiger partial charge in [0.1, 0.15) is 0 Å². The molecule has 1 aromatic heterocycles. The van der Waals surface area contributed by atoms with Crippen LogP contribution >= 0.6 is 0 Å². The maximum absolute atomic E-state index is 4.24. The van der Waals surface area contributed by atoms with Crippen LogP contribution in [0.15, 0.2) is 30.1 Å². The zero-order valence-corrected chi connectivity index (χ0v) is 10.2. The number of allylic oxidation sites excluding steroid dienone is 1. The van der Waals surface area contributed by atoms with E-state index in [0.717, 1.165) is 0 Å². The number of aryl methyl sites for hydroxylation is 1. The SMILES string of the molecule is CNC(C1=CCCCC1)c1cnccc1C. The minimum Gasteiger partial charge on any atom is -0.310 e. The van der Waals surface area contributed by atoms with Crippen molar-refractivity contribution >= 4 is 0 Å². The summed E-state index contributed by atoms with van der Waals surface area (Å²) in [6.07, 6.45) is 11.4. The molecule has 2 nitrogen and oxygen atoms in total. The van der Waals surface area contributed by atoms with Gasteiger partial charge < -0.3 is 5.32 Å². The molecule has 0 saturated heterocycles. The molecule has 0 fully saturated rings. The lowest BCUT2D eigenvalue weighted by Crippen LogP contribution is -2.21. The maximum Gasteiger partial charge on any atom is 0.0551 e. The fraction of sp³-hybridized carbons (Fsp3) is 0.500. The lowest BCUT2D eigenvalue weighted by molar-refractivity contribution is 0.590. The van der Waals surface area contributed by atoms with Gasteiger partial charge in [0.25, 0.3) is 0 Å². The van der Waals surface area contributed by atoms with Gasteiger partial charge in [-0.3, -0.25) is 4.98 Å². The Balaban J connectivity index is 2.28. The molecular formula is C14H20N2. The fourth-order valence-corrected chi connectivity index (χ4v) is 2.44. The summed E-state index contributed by atoms with van der Waals surface area (Å²) in [4.78, 5) is 4.24. The summed E-state index contributed by atoms with van der Waals surface area (Å²) in [5.74, 6) is 0. The van der Waals surface area contributed by atoms with Crippen molar-refractivity contribution in [1.29, 1.82) is 0 Å². The first-order valence-electron chi connectivity index (χ1n) is 6.09. The average Bonchev–Trinajstić information content (AvgIpc) is 2.34. The van der Waals surface area contributed by atoms with Crippen LogP contribution in [0.3, 0.4) is 0 Å². The number of aromatic nitrogens is 1. The number of rotatable bonds is 3. The van der Waals surface area contributed by atoms with E-state index in [2.05, 4.69) is 29.4 Å². The molecule has 86 valence electrons. The maximum atomic E-state index is 4.24. The van der Waals surface area contributed by atoms with E-state index in [4.69, 9.17) is 0 Å². The van der Waals surface area contributed by atoms with Gasteiger partial charge in [-0.05, 0) is 56.8 Å². The molecule has 1 unspecified atom stereocenters. The second kappa shape index (κ2) is 5.26. The molecule has 0 saturated carbocycles. The Morgan fingerprint density at radius 2 is 2.25 bits per heavy atom. The van der Waals surface area contributed by atoms with Crippen molar-refractivity contribution in [2.75, 3.05) is 7.05 Å². The lowest BCUT2D eigenvalue weighted by atomic mass is 9.89. The molecule has 0 aromatic carbocycles. The number of likely N-dealkylation sites (N-methyl/N-ethyl adjacent to an activating group) is 1. The molecule has 0 bridgehead atoms. The van der Waals surface area contributed by atoms with Crippen molar-refractivity contribution in [1.82, 2.24) is 10.3 Å². The van der Waals surface area contributed by atoms with E-state index in [9.17, 15) is 0 Å². The van der Waals surface area contributed by atoms with Gasteiger partial charge in [0.15, 0.2) is 0 Å². The van der Waals surface area contributed by atoms with E-state index in [-0.39, 0.29) is 0 Å². The molecular weight excluding hydrogens is 196 g/mol. The van der Waals surface area contributed by atoms with E-state index in [1.54, 1.807) is 0 Å². The molecule has 1 heterocycles. The molecule has 0 radical (unpaired) electrons. The van der Waals surface area contributed by atoms with Crippen LogP contribution < -0.4 is 5.32 Å². The van der Waals surface area contributed by atoms with Crippen molar-refractivity contribution in [3.8, 4) is 0 Å². The van der Waals surface area contributed by atoms with Gasteiger partial charge in [-0.15, -0.1) is 0 Å². The molecule has 0 spiro atoms. The van der Waals surface area contributed by atoms with Gasteiger partial charge in [0, 0.05) is 12.4 Å². The van der Waals surface area contributed by atoms with E-state index in [1.807, 2.05) is 19.4 Å². The summed E-state index contributed by atoms with van der Waals surface area (Å²) in [6, 6.07) is 2.44. The second-order valence-corrected chi connectivity index (χ2v) is 4.48. The molecule has 16 heavy (non-hydrogen) atoms. The molecule has 1 aliphatic rings. The standard InChI is InChI=1S/C14H20N2/c1-11-8-9-16-10-13(11)14(15-2)12-6-4-3-5-7-12/h6,8-10,14-15H,3-5,7H2,1-2H3. The zero-order chi connectivity index (χ0) is 11.4. The first-order chi connectivity index (χ1) is 7.83. The number of nitrogens with one attached hydrogen (secondary N) is 1. The Morgan fingerprint density at radius 1 is 1.38 bits per heavy atom. The number of nitrogens with zero attached hydrogens (tertiary/aromatic N) is 1. The van der Waals surface area contributed by atoms with Gasteiger partial charge in [0.05, 0.1) is 6.04 Å². The topological polar surface area (TPSA) is 24.9 Å². The summed E-state index contributed by atoms with van der Waals surface area (Å²) >= 11 is 0. The van der Waals surface area contributed by atoms with Crippen molar-refractivity contribution in [2.45, 2.75) is 38.6 Å². The summed E-state index contributed by atoms with van der Waals surface area (Å²) in [5.41, 5.74) is 4.17. The van der Waals surface area contributed by atoms with Crippen molar-refractivity contribution in [3.63, 3.8) is 0 Å². The van der Waals surface area contributed by atoms with Crippen molar-refractivity contribution < 1.29 is 0 Å². The van der Waals surface area contributed by atoms with Crippen molar-refractivity contribution in [3.05, 3.63) is 41.2 Å². The average molecular weight is 216 g/mol. The predicted molar refractivity (Wildman–Crippen MR) is 67.3 cm³/mol. The minimum absolute atomic E-state index is 0.356. The third kappa shape index (κ3) is 2.33. The number of hydrogen-bond acceptors (Lipinski definition) is 2. The molecule has 0 aliphatic heterocycles. The first kappa shape index (κ1) is 11.3. The van der Waals surface area contributed by atoms with Gasteiger partial charge in [0.2, 0.25) is 0 Å². The van der Waals surface area contributed by atoms with E-state index in [1.165, 1.54) is 42.4 Å². The monoisotopic (exact) mass is 216 g/mol. The molecule has 2 rings (SSSR count). The number of pyridine rings is 1.